The Morgan fingerprint density at radius 3 is 0.870 bits per heavy atom. The Labute approximate surface area is 731 Å². The van der Waals surface area contributed by atoms with Crippen molar-refractivity contribution in [3.8, 4) is 11.5 Å². The van der Waals surface area contributed by atoms with Gasteiger partial charge in [-0.15, -0.1) is 23.5 Å². The molecule has 16 aromatic rings. The summed E-state index contributed by atoms with van der Waals surface area (Å²) in [5.41, 5.74) is 21.6. The van der Waals surface area contributed by atoms with Gasteiger partial charge in [0.05, 0.1) is 76.0 Å². The highest BCUT2D eigenvalue weighted by molar-refractivity contribution is 8.00. The van der Waals surface area contributed by atoms with E-state index in [-0.39, 0.29) is 49.8 Å². The summed E-state index contributed by atoms with van der Waals surface area (Å²) < 4.78 is 57.8. The van der Waals surface area contributed by atoms with Crippen LogP contribution in [0.25, 0.3) is 90.2 Å². The molecule has 0 bridgehead atoms. The van der Waals surface area contributed by atoms with E-state index in [1.54, 1.807) is 35.3 Å². The first-order valence-corrected chi connectivity index (χ1v) is 45.3. The van der Waals surface area contributed by atoms with Gasteiger partial charge in [0.1, 0.15) is 49.1 Å². The van der Waals surface area contributed by atoms with Crippen molar-refractivity contribution in [2.24, 2.45) is 0 Å². The number of hydrogen-bond donors (Lipinski definition) is 0. The van der Waals surface area contributed by atoms with Crippen LogP contribution in [-0.2, 0) is 41.5 Å². The summed E-state index contributed by atoms with van der Waals surface area (Å²) >= 11 is 5.32. The Balaban J connectivity index is 0.585. The van der Waals surface area contributed by atoms with Gasteiger partial charge in [0.25, 0.3) is 0 Å². The van der Waals surface area contributed by atoms with Crippen LogP contribution < -0.4 is 9.47 Å². The molecule has 20 rings (SSSR count). The molecule has 4 saturated heterocycles. The van der Waals surface area contributed by atoms with Crippen LogP contribution >= 0.6 is 35.3 Å². The number of rotatable bonds is 36. The van der Waals surface area contributed by atoms with Gasteiger partial charge in [-0.2, -0.15) is 0 Å². The molecular formula is C110H92N2O8S3. The lowest BCUT2D eigenvalue weighted by atomic mass is 9.91. The summed E-state index contributed by atoms with van der Waals surface area (Å²) in [6.07, 6.45) is 9.13. The Kier molecular flexibility index (Phi) is 24.2. The molecule has 123 heavy (non-hydrogen) atoms. The molecule has 0 radical (unpaired) electrons. The van der Waals surface area contributed by atoms with Crippen molar-refractivity contribution in [2.75, 3.05) is 64.4 Å². The number of thioether (sulfide) groups is 2. The Bertz CT molecular complexity index is 5910. The van der Waals surface area contributed by atoms with Crippen molar-refractivity contribution in [3.63, 3.8) is 0 Å². The molecule has 4 aliphatic rings. The highest BCUT2D eigenvalue weighted by Crippen LogP contribution is 2.48. The first-order valence-electron chi connectivity index (χ1n) is 42.5. The van der Waals surface area contributed by atoms with E-state index in [4.69, 9.17) is 37.9 Å². The molecular weight excluding hydrogens is 1570 g/mol. The largest absolute Gasteiger partial charge is 0.490 e. The Morgan fingerprint density at radius 2 is 0.577 bits per heavy atom. The third-order valence-corrected chi connectivity index (χ3v) is 26.3. The van der Waals surface area contributed by atoms with Crippen LogP contribution in [0.5, 0.6) is 11.5 Å². The minimum Gasteiger partial charge on any atom is -0.490 e. The van der Waals surface area contributed by atoms with Gasteiger partial charge in [0, 0.05) is 85.9 Å². The monoisotopic (exact) mass is 1660 g/mol. The van der Waals surface area contributed by atoms with Crippen molar-refractivity contribution in [1.82, 2.24) is 9.13 Å². The molecule has 4 aliphatic heterocycles. The molecule has 0 spiro atoms. The zero-order chi connectivity index (χ0) is 82.0. The first kappa shape index (κ1) is 79.5. The van der Waals surface area contributed by atoms with Gasteiger partial charge in [0.15, 0.2) is 0 Å². The van der Waals surface area contributed by atoms with Crippen LogP contribution in [-0.4, -0.2) is 110 Å². The molecule has 6 heterocycles. The number of epoxide rings is 4. The number of benzene rings is 14. The van der Waals surface area contributed by atoms with Crippen LogP contribution in [0.2, 0.25) is 0 Å². The molecule has 0 aliphatic carbocycles. The molecule has 0 amide bonds. The van der Waals surface area contributed by atoms with Crippen LogP contribution in [0.1, 0.15) is 66.8 Å². The van der Waals surface area contributed by atoms with Gasteiger partial charge in [0.2, 0.25) is 0 Å². The summed E-state index contributed by atoms with van der Waals surface area (Å²) in [7, 11) is 0. The standard InChI is InChI=1S/C110H92N2O8S3/c1-9-29-75(30-10-1)97(76-31-11-2-12-32-76)57-83-59-101-95-45-25-27-47-105(95)111(63-85-65-113-85)107(101)103(61-99(79-37-17-5-18-38-79)80-39-19-6-20-40-80)109(83)119-71-89(117-69-87-67-115-87)73-121-91-49-53-93(54-50-91)123-94-55-51-92(52-56-94)122-74-90(118-70-88-68-116-88)72-120-110-84(58-98(77-33-13-3-14-34-77)78-35-15-4-16-36-78)60-102-96-46-26-28-48-106(96)112(64-86-66-114-86)108(102)104(110)62-100(81-41-21-7-22-42-81)82-43-23-8-24-44-82/h1-62,85-90H,63-74H2. The maximum atomic E-state index is 7.63. The highest BCUT2D eigenvalue weighted by atomic mass is 32.2. The molecule has 6 atom stereocenters. The fourth-order valence-electron chi connectivity index (χ4n) is 16.5. The number of para-hydroxylation sites is 2. The summed E-state index contributed by atoms with van der Waals surface area (Å²) in [6.45, 7) is 5.74. The summed E-state index contributed by atoms with van der Waals surface area (Å²) in [5, 5.41) is 4.63. The molecule has 0 saturated carbocycles. The van der Waals surface area contributed by atoms with Gasteiger partial charge >= 0.3 is 0 Å². The Hall–Kier alpha value is -12.0. The van der Waals surface area contributed by atoms with Gasteiger partial charge in [-0.1, -0.05) is 291 Å². The molecule has 608 valence electrons. The lowest BCUT2D eigenvalue weighted by Gasteiger charge is -2.22. The van der Waals surface area contributed by atoms with Gasteiger partial charge in [-0.05, 0) is 164 Å². The third kappa shape index (κ3) is 19.0. The normalized spacial score (nSPS) is 16.1. The minimum absolute atomic E-state index is 0.0582. The van der Waals surface area contributed by atoms with Gasteiger partial charge in [-0.3, -0.25) is 0 Å². The second kappa shape index (κ2) is 37.4. The maximum Gasteiger partial charge on any atom is 0.136 e. The molecule has 10 nitrogen and oxygen atoms in total. The van der Waals surface area contributed by atoms with Gasteiger partial charge < -0.3 is 47.0 Å². The van der Waals surface area contributed by atoms with E-state index < -0.39 is 0 Å². The van der Waals surface area contributed by atoms with E-state index in [1.807, 2.05) is 0 Å². The summed E-state index contributed by atoms with van der Waals surface area (Å²) in [5.74, 6) is 2.84. The van der Waals surface area contributed by atoms with E-state index in [1.165, 1.54) is 10.8 Å². The summed E-state index contributed by atoms with van der Waals surface area (Å²) in [4.78, 5) is 4.58. The van der Waals surface area contributed by atoms with E-state index >= 15 is 0 Å². The lowest BCUT2D eigenvalue weighted by molar-refractivity contribution is 0.0269. The van der Waals surface area contributed by atoms with Gasteiger partial charge in [-0.25, -0.2) is 0 Å². The van der Waals surface area contributed by atoms with Crippen LogP contribution in [0, 0.1) is 0 Å². The number of hydrogen-bond acceptors (Lipinski definition) is 11. The molecule has 4 fully saturated rings. The fraction of sp³-hybridized carbons (Fsp3) is 0.164. The van der Waals surface area contributed by atoms with Crippen molar-refractivity contribution in [2.45, 2.75) is 69.3 Å². The van der Waals surface area contributed by atoms with E-state index in [2.05, 4.69) is 385 Å². The van der Waals surface area contributed by atoms with Crippen LogP contribution in [0.15, 0.2) is 371 Å². The molecule has 14 aromatic carbocycles. The van der Waals surface area contributed by atoms with E-state index in [0.29, 0.717) is 51.0 Å². The molecule has 2 aromatic heterocycles. The second-order valence-corrected chi connectivity index (χ2v) is 35.0. The Morgan fingerprint density at radius 1 is 0.309 bits per heavy atom. The summed E-state index contributed by atoms with van der Waals surface area (Å²) in [6, 6.07) is 126. The number of aromatic nitrogens is 2. The van der Waals surface area contributed by atoms with E-state index in [0.717, 1.165) is 166 Å². The molecule has 6 unspecified atom stereocenters. The SMILES string of the molecule is C(=C(c1ccccc1)c1ccccc1)c1cc2c3ccccc3n(CC3CO3)c2c(C=C(c2ccccc2)c2ccccc2)c1OCC(CSc1ccc(Sc2ccc(SCC(COc3c(C=C(c4ccccc4)c4ccccc4)cc4c5ccccc5n(CC5CO5)c4c3C=C(c3ccccc3)c3ccccc3)OCC3CO3)cc2)cc1)OCC1CO1. The zero-order valence-electron chi connectivity index (χ0n) is 68.1. The number of ether oxygens (including phenoxy) is 8. The van der Waals surface area contributed by atoms with Crippen molar-refractivity contribution < 1.29 is 37.9 Å². The maximum absolute atomic E-state index is 7.63. The smallest absolute Gasteiger partial charge is 0.136 e. The van der Waals surface area contributed by atoms with Crippen LogP contribution in [0.4, 0.5) is 0 Å². The zero-order valence-corrected chi connectivity index (χ0v) is 70.6. The lowest BCUT2D eigenvalue weighted by Crippen LogP contribution is -2.26. The molecule has 0 N–H and O–H groups in total. The first-order chi connectivity index (χ1) is 60.9. The predicted molar refractivity (Wildman–Crippen MR) is 506 cm³/mol. The quantitative estimate of drug-likeness (QED) is 0.0213. The van der Waals surface area contributed by atoms with Crippen molar-refractivity contribution >= 4 is 125 Å². The van der Waals surface area contributed by atoms with Crippen molar-refractivity contribution in [1.29, 1.82) is 0 Å². The highest BCUT2D eigenvalue weighted by Gasteiger charge is 2.33. The molecule has 13 heteroatoms. The average molecular weight is 1670 g/mol. The van der Waals surface area contributed by atoms with Crippen LogP contribution in [0.3, 0.4) is 0 Å². The predicted octanol–water partition coefficient (Wildman–Crippen LogP) is 25.1. The van der Waals surface area contributed by atoms with E-state index in [9.17, 15) is 0 Å². The number of fused-ring (bicyclic) bond motifs is 6. The second-order valence-electron chi connectivity index (χ2n) is 31.6. The van der Waals surface area contributed by atoms with Crippen molar-refractivity contribution in [3.05, 3.63) is 419 Å². The fourth-order valence-corrected chi connectivity index (χ4v) is 19.1. The number of nitrogens with zero attached hydrogens (tertiary/aromatic N) is 2. The third-order valence-electron chi connectivity index (χ3n) is 23.0. The average Bonchev–Trinajstić information content (AvgIpc) is 1.59. The minimum atomic E-state index is -0.308. The topological polar surface area (TPSA) is 96.9 Å².